The summed E-state index contributed by atoms with van der Waals surface area (Å²) < 4.78 is 7.55. The minimum atomic E-state index is -0.0659. The summed E-state index contributed by atoms with van der Waals surface area (Å²) in [5.74, 6) is -0.0659. The molecular weight excluding hydrogens is 338 g/mol. The maximum atomic E-state index is 12.7. The average Bonchev–Trinajstić information content (AvgIpc) is 3.30. The Morgan fingerprint density at radius 2 is 1.96 bits per heavy atom. The molecule has 4 aromatic rings. The molecule has 136 valence electrons. The quantitative estimate of drug-likeness (QED) is 0.572. The first-order valence-corrected chi connectivity index (χ1v) is 8.93. The fourth-order valence-corrected chi connectivity index (χ4v) is 3.24. The molecular formula is C22H21N3O2. The molecule has 0 unspecified atom stereocenters. The number of carbonyl (C=O) groups is 1. The van der Waals surface area contributed by atoms with Crippen molar-refractivity contribution >= 4 is 22.6 Å². The van der Waals surface area contributed by atoms with Crippen LogP contribution in [0.25, 0.3) is 11.0 Å². The number of carbonyl (C=O) groups excluding carboxylic acids is 1. The van der Waals surface area contributed by atoms with E-state index in [2.05, 4.69) is 23.4 Å². The third kappa shape index (κ3) is 3.49. The van der Waals surface area contributed by atoms with Crippen molar-refractivity contribution in [2.75, 3.05) is 5.32 Å². The van der Waals surface area contributed by atoms with Gasteiger partial charge in [0.25, 0.3) is 0 Å². The van der Waals surface area contributed by atoms with Gasteiger partial charge in [-0.3, -0.25) is 9.48 Å². The van der Waals surface area contributed by atoms with Crippen molar-refractivity contribution < 1.29 is 9.21 Å². The van der Waals surface area contributed by atoms with Crippen molar-refractivity contribution in [2.24, 2.45) is 0 Å². The van der Waals surface area contributed by atoms with E-state index in [1.807, 2.05) is 54.2 Å². The summed E-state index contributed by atoms with van der Waals surface area (Å²) in [6.45, 7) is 4.70. The molecule has 2 aromatic carbocycles. The second kappa shape index (κ2) is 7.11. The van der Waals surface area contributed by atoms with Crippen LogP contribution in [-0.4, -0.2) is 15.7 Å². The number of furan rings is 1. The van der Waals surface area contributed by atoms with Crippen LogP contribution >= 0.6 is 0 Å². The van der Waals surface area contributed by atoms with Crippen molar-refractivity contribution in [3.8, 4) is 0 Å². The number of rotatable bonds is 5. The highest BCUT2D eigenvalue weighted by Crippen LogP contribution is 2.27. The van der Waals surface area contributed by atoms with E-state index >= 15 is 0 Å². The van der Waals surface area contributed by atoms with E-state index < -0.39 is 0 Å². The highest BCUT2D eigenvalue weighted by molar-refractivity contribution is 5.96. The zero-order valence-corrected chi connectivity index (χ0v) is 15.4. The van der Waals surface area contributed by atoms with Crippen LogP contribution in [0.2, 0.25) is 0 Å². The molecule has 0 fully saturated rings. The Hall–Kier alpha value is -3.34. The lowest BCUT2D eigenvalue weighted by molar-refractivity contribution is -0.115. The van der Waals surface area contributed by atoms with E-state index in [1.165, 1.54) is 5.56 Å². The predicted molar refractivity (Wildman–Crippen MR) is 106 cm³/mol. The smallest absolute Gasteiger partial charge is 0.228 e. The number of fused-ring (bicyclic) bond motifs is 1. The second-order valence-electron chi connectivity index (χ2n) is 6.73. The summed E-state index contributed by atoms with van der Waals surface area (Å²) in [7, 11) is 0. The Labute approximate surface area is 157 Å². The number of aromatic nitrogens is 2. The minimum Gasteiger partial charge on any atom is -0.464 e. The number of hydrogen-bond acceptors (Lipinski definition) is 3. The number of nitrogens with one attached hydrogen (secondary N) is 1. The van der Waals surface area contributed by atoms with Gasteiger partial charge in [-0.1, -0.05) is 30.3 Å². The van der Waals surface area contributed by atoms with E-state index in [9.17, 15) is 4.79 Å². The highest BCUT2D eigenvalue weighted by Gasteiger charge is 2.14. The molecule has 4 rings (SSSR count). The van der Waals surface area contributed by atoms with E-state index in [0.717, 1.165) is 33.3 Å². The van der Waals surface area contributed by atoms with Crippen LogP contribution in [0, 0.1) is 13.8 Å². The van der Waals surface area contributed by atoms with E-state index in [-0.39, 0.29) is 12.3 Å². The zero-order chi connectivity index (χ0) is 18.8. The molecule has 1 amide bonds. The molecule has 2 heterocycles. The normalized spacial score (nSPS) is 11.0. The molecule has 1 N–H and O–H groups in total. The van der Waals surface area contributed by atoms with Crippen LogP contribution < -0.4 is 5.32 Å². The van der Waals surface area contributed by atoms with Gasteiger partial charge in [-0.05, 0) is 42.7 Å². The summed E-state index contributed by atoms with van der Waals surface area (Å²) in [5, 5.41) is 8.26. The van der Waals surface area contributed by atoms with Crippen molar-refractivity contribution in [1.82, 2.24) is 9.78 Å². The van der Waals surface area contributed by atoms with Crippen LogP contribution in [0.1, 0.15) is 22.3 Å². The van der Waals surface area contributed by atoms with Crippen LogP contribution in [-0.2, 0) is 17.8 Å². The number of amides is 1. The standard InChI is InChI=1S/C22H21N3O2/c1-15-8-9-19-18(14-27-22(19)16(15)2)12-21(26)24-20-7-4-3-6-17(20)13-25-11-5-10-23-25/h3-11,14H,12-13H2,1-2H3,(H,24,26). The number of benzene rings is 2. The fourth-order valence-electron chi connectivity index (χ4n) is 3.24. The summed E-state index contributed by atoms with van der Waals surface area (Å²) in [6, 6.07) is 13.8. The maximum absolute atomic E-state index is 12.7. The number of hydrogen-bond donors (Lipinski definition) is 1. The number of aryl methyl sites for hydroxylation is 2. The lowest BCUT2D eigenvalue weighted by Crippen LogP contribution is -2.16. The van der Waals surface area contributed by atoms with Gasteiger partial charge in [0, 0.05) is 29.0 Å². The number of nitrogens with zero attached hydrogens (tertiary/aromatic N) is 2. The van der Waals surface area contributed by atoms with Gasteiger partial charge in [0.1, 0.15) is 5.58 Å². The molecule has 0 aliphatic carbocycles. The Balaban J connectivity index is 1.53. The van der Waals surface area contributed by atoms with Gasteiger partial charge in [0.05, 0.1) is 19.2 Å². The van der Waals surface area contributed by atoms with Crippen molar-refractivity contribution in [1.29, 1.82) is 0 Å². The molecule has 0 spiro atoms. The van der Waals surface area contributed by atoms with Crippen LogP contribution in [0.4, 0.5) is 5.69 Å². The maximum Gasteiger partial charge on any atom is 0.228 e. The Kier molecular flexibility index (Phi) is 4.50. The Morgan fingerprint density at radius 3 is 2.78 bits per heavy atom. The van der Waals surface area contributed by atoms with Gasteiger partial charge in [-0.25, -0.2) is 0 Å². The van der Waals surface area contributed by atoms with Gasteiger partial charge in [0.2, 0.25) is 5.91 Å². The molecule has 0 saturated carbocycles. The average molecular weight is 359 g/mol. The van der Waals surface area contributed by atoms with Gasteiger partial charge in [0.15, 0.2) is 0 Å². The monoisotopic (exact) mass is 359 g/mol. The SMILES string of the molecule is Cc1ccc2c(CC(=O)Nc3ccccc3Cn3cccn3)coc2c1C. The topological polar surface area (TPSA) is 60.1 Å². The molecule has 5 heteroatoms. The van der Waals surface area contributed by atoms with Gasteiger partial charge >= 0.3 is 0 Å². The molecule has 0 saturated heterocycles. The zero-order valence-electron chi connectivity index (χ0n) is 15.4. The molecule has 27 heavy (non-hydrogen) atoms. The molecule has 0 aliphatic rings. The van der Waals surface area contributed by atoms with Crippen LogP contribution in [0.5, 0.6) is 0 Å². The van der Waals surface area contributed by atoms with E-state index in [4.69, 9.17) is 4.42 Å². The Morgan fingerprint density at radius 1 is 1.11 bits per heavy atom. The third-order valence-corrected chi connectivity index (χ3v) is 4.88. The van der Waals surface area contributed by atoms with Crippen molar-refractivity contribution in [3.05, 3.63) is 83.4 Å². The van der Waals surface area contributed by atoms with E-state index in [0.29, 0.717) is 6.54 Å². The second-order valence-corrected chi connectivity index (χ2v) is 6.73. The summed E-state index contributed by atoms with van der Waals surface area (Å²) in [6.07, 6.45) is 5.60. The lowest BCUT2D eigenvalue weighted by Gasteiger charge is -2.11. The summed E-state index contributed by atoms with van der Waals surface area (Å²) in [5.41, 5.74) is 5.87. The first-order valence-electron chi connectivity index (χ1n) is 8.93. The molecule has 0 bridgehead atoms. The van der Waals surface area contributed by atoms with Gasteiger partial charge < -0.3 is 9.73 Å². The van der Waals surface area contributed by atoms with Crippen molar-refractivity contribution in [2.45, 2.75) is 26.8 Å². The van der Waals surface area contributed by atoms with Crippen LogP contribution in [0.3, 0.4) is 0 Å². The number of para-hydroxylation sites is 1. The fraction of sp³-hybridized carbons (Fsp3) is 0.182. The molecule has 5 nitrogen and oxygen atoms in total. The Bertz CT molecular complexity index is 1090. The van der Waals surface area contributed by atoms with Crippen molar-refractivity contribution in [3.63, 3.8) is 0 Å². The molecule has 0 aliphatic heterocycles. The van der Waals surface area contributed by atoms with E-state index in [1.54, 1.807) is 12.5 Å². The first kappa shape index (κ1) is 17.1. The molecule has 0 atom stereocenters. The predicted octanol–water partition coefficient (Wildman–Crippen LogP) is 4.48. The lowest BCUT2D eigenvalue weighted by atomic mass is 10.0. The summed E-state index contributed by atoms with van der Waals surface area (Å²) >= 11 is 0. The summed E-state index contributed by atoms with van der Waals surface area (Å²) in [4.78, 5) is 12.7. The first-order chi connectivity index (χ1) is 13.1. The highest BCUT2D eigenvalue weighted by atomic mass is 16.3. The minimum absolute atomic E-state index is 0.0659. The molecule has 2 aromatic heterocycles. The number of anilines is 1. The van der Waals surface area contributed by atoms with Crippen LogP contribution in [0.15, 0.2) is 65.5 Å². The third-order valence-electron chi connectivity index (χ3n) is 4.88. The largest absolute Gasteiger partial charge is 0.464 e. The van der Waals surface area contributed by atoms with Gasteiger partial charge in [-0.2, -0.15) is 5.10 Å². The molecule has 0 radical (unpaired) electrons. The van der Waals surface area contributed by atoms with Gasteiger partial charge in [-0.15, -0.1) is 0 Å².